The van der Waals surface area contributed by atoms with E-state index in [2.05, 4.69) is 24.0 Å². The van der Waals surface area contributed by atoms with E-state index in [1.54, 1.807) is 0 Å². The van der Waals surface area contributed by atoms with Crippen molar-refractivity contribution in [2.24, 2.45) is 5.41 Å². The summed E-state index contributed by atoms with van der Waals surface area (Å²) in [5, 5.41) is 7.69. The fourth-order valence-corrected chi connectivity index (χ4v) is 2.45. The smallest absolute Gasteiger partial charge is 0.291 e. The highest BCUT2D eigenvalue weighted by atomic mass is 32.1. The Bertz CT molecular complexity index is 376. The van der Waals surface area contributed by atoms with E-state index in [-0.39, 0.29) is 5.01 Å². The molecule has 0 aliphatic heterocycles. The normalized spacial score (nSPS) is 19.9. The Morgan fingerprint density at radius 2 is 2.00 bits per heavy atom. The highest BCUT2D eigenvalue weighted by Gasteiger charge is 2.44. The monoisotopic (exact) mass is 247 g/mol. The summed E-state index contributed by atoms with van der Waals surface area (Å²) in [5.74, 6) is 0. The van der Waals surface area contributed by atoms with Crippen LogP contribution in [0.4, 0.5) is 13.9 Å². The summed E-state index contributed by atoms with van der Waals surface area (Å²) < 4.78 is 24.8. The lowest BCUT2D eigenvalue weighted by molar-refractivity contribution is 0.150. The van der Waals surface area contributed by atoms with Crippen LogP contribution in [-0.2, 0) is 0 Å². The minimum absolute atomic E-state index is 0.199. The molecule has 1 saturated carbocycles. The largest absolute Gasteiger partial charge is 0.346 e. The molecule has 90 valence electrons. The van der Waals surface area contributed by atoms with Crippen LogP contribution in [-0.4, -0.2) is 23.3 Å². The second-order valence-electron chi connectivity index (χ2n) is 4.66. The van der Waals surface area contributed by atoms with Gasteiger partial charge in [0.05, 0.1) is 0 Å². The molecule has 1 aromatic rings. The highest BCUT2D eigenvalue weighted by Crippen LogP contribution is 2.50. The molecule has 0 N–H and O–H groups in total. The highest BCUT2D eigenvalue weighted by molar-refractivity contribution is 7.15. The lowest BCUT2D eigenvalue weighted by Gasteiger charge is -2.29. The van der Waals surface area contributed by atoms with Crippen LogP contribution in [0, 0.1) is 5.41 Å². The molecule has 1 atom stereocenters. The maximum absolute atomic E-state index is 12.4. The van der Waals surface area contributed by atoms with E-state index < -0.39 is 6.43 Å². The van der Waals surface area contributed by atoms with Crippen LogP contribution in [0.3, 0.4) is 0 Å². The van der Waals surface area contributed by atoms with Gasteiger partial charge in [-0.15, -0.1) is 10.2 Å². The van der Waals surface area contributed by atoms with Gasteiger partial charge in [-0.05, 0) is 25.2 Å². The van der Waals surface area contributed by atoms with Gasteiger partial charge in [0.1, 0.15) is 0 Å². The van der Waals surface area contributed by atoms with E-state index in [1.165, 1.54) is 12.8 Å². The van der Waals surface area contributed by atoms with Crippen molar-refractivity contribution >= 4 is 16.5 Å². The number of halogens is 2. The number of rotatable bonds is 4. The first-order chi connectivity index (χ1) is 7.44. The lowest BCUT2D eigenvalue weighted by atomic mass is 10.0. The summed E-state index contributed by atoms with van der Waals surface area (Å²) >= 11 is 0.975. The molecule has 2 rings (SSSR count). The summed E-state index contributed by atoms with van der Waals surface area (Å²) in [4.78, 5) is 1.95. The van der Waals surface area contributed by atoms with Gasteiger partial charge in [0, 0.05) is 13.1 Å². The van der Waals surface area contributed by atoms with Crippen LogP contribution in [0.2, 0.25) is 0 Å². The SMILES string of the molecule is C[C@@H](N(C)c1nnc(C(F)F)s1)C1(C)CC1. The minimum Gasteiger partial charge on any atom is -0.346 e. The molecule has 0 saturated heterocycles. The third-order valence-electron chi connectivity index (χ3n) is 3.55. The summed E-state index contributed by atoms with van der Waals surface area (Å²) in [7, 11) is 1.89. The molecule has 16 heavy (non-hydrogen) atoms. The fourth-order valence-electron chi connectivity index (χ4n) is 1.71. The van der Waals surface area contributed by atoms with Crippen molar-refractivity contribution in [1.82, 2.24) is 10.2 Å². The number of aromatic nitrogens is 2. The van der Waals surface area contributed by atoms with Gasteiger partial charge in [0.2, 0.25) is 5.13 Å². The fraction of sp³-hybridized carbons (Fsp3) is 0.800. The Balaban J connectivity index is 2.11. The molecule has 0 amide bonds. The Morgan fingerprint density at radius 1 is 1.38 bits per heavy atom. The van der Waals surface area contributed by atoms with Crippen LogP contribution >= 0.6 is 11.3 Å². The second-order valence-corrected chi connectivity index (χ2v) is 5.65. The Labute approximate surface area is 97.5 Å². The van der Waals surface area contributed by atoms with Crippen molar-refractivity contribution in [1.29, 1.82) is 0 Å². The first-order valence-electron chi connectivity index (χ1n) is 5.28. The molecule has 1 fully saturated rings. The Hall–Kier alpha value is -0.780. The lowest BCUT2D eigenvalue weighted by Crippen LogP contribution is -2.35. The third kappa shape index (κ3) is 2.03. The Morgan fingerprint density at radius 3 is 2.44 bits per heavy atom. The van der Waals surface area contributed by atoms with Crippen LogP contribution in [0.5, 0.6) is 0 Å². The summed E-state index contributed by atoms with van der Waals surface area (Å²) in [6.07, 6.45) is -0.135. The van der Waals surface area contributed by atoms with Crippen molar-refractivity contribution in [3.8, 4) is 0 Å². The van der Waals surface area contributed by atoms with E-state index in [0.717, 1.165) is 11.3 Å². The quantitative estimate of drug-likeness (QED) is 0.818. The van der Waals surface area contributed by atoms with Crippen molar-refractivity contribution in [2.45, 2.75) is 39.2 Å². The van der Waals surface area contributed by atoms with E-state index >= 15 is 0 Å². The van der Waals surface area contributed by atoms with E-state index in [0.29, 0.717) is 16.6 Å². The zero-order chi connectivity index (χ0) is 11.9. The molecule has 0 aromatic carbocycles. The minimum atomic E-state index is -2.52. The number of hydrogen-bond acceptors (Lipinski definition) is 4. The van der Waals surface area contributed by atoms with Gasteiger partial charge in [-0.1, -0.05) is 18.3 Å². The first-order valence-corrected chi connectivity index (χ1v) is 6.10. The zero-order valence-corrected chi connectivity index (χ0v) is 10.4. The maximum Gasteiger partial charge on any atom is 0.291 e. The summed E-state index contributed by atoms with van der Waals surface area (Å²) in [6, 6.07) is 0.311. The molecular weight excluding hydrogens is 232 g/mol. The molecule has 1 heterocycles. The van der Waals surface area contributed by atoms with Gasteiger partial charge < -0.3 is 4.90 Å². The molecule has 0 spiro atoms. The molecule has 0 bridgehead atoms. The molecule has 1 aliphatic rings. The van der Waals surface area contributed by atoms with Gasteiger partial charge in [0.15, 0.2) is 5.01 Å². The standard InChI is InChI=1S/C10H15F2N3S/c1-6(10(2)4-5-10)15(3)9-14-13-8(16-9)7(11)12/h6-7H,4-5H2,1-3H3/t6-/m1/s1. The van der Waals surface area contributed by atoms with Crippen LogP contribution in [0.15, 0.2) is 0 Å². The average molecular weight is 247 g/mol. The van der Waals surface area contributed by atoms with E-state index in [9.17, 15) is 8.78 Å². The molecule has 0 unspecified atom stereocenters. The van der Waals surface area contributed by atoms with E-state index in [4.69, 9.17) is 0 Å². The molecule has 3 nitrogen and oxygen atoms in total. The molecular formula is C10H15F2N3S. The summed E-state index contributed by atoms with van der Waals surface area (Å²) in [6.45, 7) is 4.32. The number of anilines is 1. The van der Waals surface area contributed by atoms with Gasteiger partial charge in [-0.25, -0.2) is 8.78 Å². The van der Waals surface area contributed by atoms with Crippen molar-refractivity contribution in [2.75, 3.05) is 11.9 Å². The van der Waals surface area contributed by atoms with Crippen molar-refractivity contribution in [3.05, 3.63) is 5.01 Å². The predicted molar refractivity (Wildman–Crippen MR) is 60.1 cm³/mol. The van der Waals surface area contributed by atoms with Gasteiger partial charge in [0.25, 0.3) is 6.43 Å². The van der Waals surface area contributed by atoms with Crippen LogP contribution < -0.4 is 4.90 Å². The van der Waals surface area contributed by atoms with Crippen molar-refractivity contribution < 1.29 is 8.78 Å². The van der Waals surface area contributed by atoms with E-state index in [1.807, 2.05) is 11.9 Å². The topological polar surface area (TPSA) is 29.0 Å². The maximum atomic E-state index is 12.4. The predicted octanol–water partition coefficient (Wildman–Crippen LogP) is 3.10. The molecule has 1 aliphatic carbocycles. The van der Waals surface area contributed by atoms with Gasteiger partial charge in [-0.2, -0.15) is 0 Å². The number of alkyl halides is 2. The molecule has 6 heteroatoms. The average Bonchev–Trinajstić information content (AvgIpc) is 2.83. The second kappa shape index (κ2) is 3.91. The zero-order valence-electron chi connectivity index (χ0n) is 9.57. The van der Waals surface area contributed by atoms with Crippen LogP contribution in [0.1, 0.15) is 38.1 Å². The molecule has 1 aromatic heterocycles. The third-order valence-corrected chi connectivity index (χ3v) is 4.57. The van der Waals surface area contributed by atoms with Gasteiger partial charge >= 0.3 is 0 Å². The Kier molecular flexibility index (Phi) is 2.86. The van der Waals surface area contributed by atoms with Gasteiger partial charge in [-0.3, -0.25) is 0 Å². The number of nitrogens with zero attached hydrogens (tertiary/aromatic N) is 3. The van der Waals surface area contributed by atoms with Crippen molar-refractivity contribution in [3.63, 3.8) is 0 Å². The summed E-state index contributed by atoms with van der Waals surface area (Å²) in [5.41, 5.74) is 0.311. The first kappa shape index (κ1) is 11.7. The van der Waals surface area contributed by atoms with Crippen LogP contribution in [0.25, 0.3) is 0 Å². The molecule has 0 radical (unpaired) electrons. The number of hydrogen-bond donors (Lipinski definition) is 0.